The molecule has 1 aliphatic carbocycles. The number of alkyl halides is 2. The average Bonchev–Trinajstić information content (AvgIpc) is 3.23. The van der Waals surface area contributed by atoms with Crippen LogP contribution < -0.4 is 0 Å². The van der Waals surface area contributed by atoms with Crippen LogP contribution in [0.4, 0.5) is 8.78 Å². The number of halogens is 2. The largest absolute Gasteiger partial charge is 0.414 e. The summed E-state index contributed by atoms with van der Waals surface area (Å²) in [4.78, 5) is 13.4. The molecule has 10 heteroatoms. The third kappa shape index (κ3) is 3.14. The van der Waals surface area contributed by atoms with Crippen LogP contribution in [0.1, 0.15) is 44.8 Å². The van der Waals surface area contributed by atoms with Crippen LogP contribution in [-0.2, 0) is 9.16 Å². The summed E-state index contributed by atoms with van der Waals surface area (Å²) in [7, 11) is -2.19. The molecule has 3 aromatic rings. The second-order valence-corrected chi connectivity index (χ2v) is 15.7. The Morgan fingerprint density at radius 3 is 2.45 bits per heavy atom. The molecule has 33 heavy (non-hydrogen) atoms. The van der Waals surface area contributed by atoms with E-state index in [4.69, 9.17) is 9.16 Å². The van der Waals surface area contributed by atoms with Crippen molar-refractivity contribution in [1.82, 2.24) is 24.1 Å². The lowest BCUT2D eigenvalue weighted by Crippen LogP contribution is -2.44. The van der Waals surface area contributed by atoms with Gasteiger partial charge in [-0.15, -0.1) is 0 Å². The van der Waals surface area contributed by atoms with E-state index in [1.165, 1.54) is 6.33 Å². The molecule has 1 saturated carbocycles. The molecule has 1 aliphatic heterocycles. The minimum Gasteiger partial charge on any atom is -0.414 e. The van der Waals surface area contributed by atoms with Crippen LogP contribution in [-0.4, -0.2) is 50.5 Å². The van der Waals surface area contributed by atoms with E-state index >= 15 is 0 Å². The van der Waals surface area contributed by atoms with Crippen molar-refractivity contribution >= 4 is 19.5 Å². The molecule has 2 fully saturated rings. The number of aryl methyl sites for hydroxylation is 2. The lowest BCUT2D eigenvalue weighted by molar-refractivity contribution is -0.127. The smallest absolute Gasteiger partial charge is 0.285 e. The van der Waals surface area contributed by atoms with Gasteiger partial charge in [-0.25, -0.2) is 23.7 Å². The van der Waals surface area contributed by atoms with E-state index in [0.29, 0.717) is 17.0 Å². The Bertz CT molecular complexity index is 1210. The van der Waals surface area contributed by atoms with Crippen molar-refractivity contribution in [3.63, 3.8) is 0 Å². The highest BCUT2D eigenvalue weighted by atomic mass is 28.4. The van der Waals surface area contributed by atoms with Gasteiger partial charge in [0.2, 0.25) is 0 Å². The summed E-state index contributed by atoms with van der Waals surface area (Å²) >= 11 is 0. The Morgan fingerprint density at radius 1 is 1.15 bits per heavy atom. The Hall–Kier alpha value is -2.17. The van der Waals surface area contributed by atoms with Crippen molar-refractivity contribution in [3.8, 4) is 5.82 Å². The SMILES string of the molecule is Cc1ccc(C)n1-c1ncnc2c1ncn2[C@H]1C[C@@H]2C(F)(F)[C@]2(CO[Si](C)(C)C(C)(C)C)O1. The molecule has 1 saturated heterocycles. The maximum Gasteiger partial charge on any atom is 0.285 e. The van der Waals surface area contributed by atoms with Gasteiger partial charge in [-0.05, 0) is 44.1 Å². The first-order chi connectivity index (χ1) is 15.3. The number of aromatic nitrogens is 5. The molecule has 0 radical (unpaired) electrons. The summed E-state index contributed by atoms with van der Waals surface area (Å²) < 4.78 is 45.6. The van der Waals surface area contributed by atoms with Gasteiger partial charge in [0.15, 0.2) is 30.9 Å². The highest BCUT2D eigenvalue weighted by molar-refractivity contribution is 6.74. The van der Waals surface area contributed by atoms with Crippen LogP contribution in [0.3, 0.4) is 0 Å². The molecule has 178 valence electrons. The predicted molar refractivity (Wildman–Crippen MR) is 123 cm³/mol. The number of ether oxygens (including phenoxy) is 1. The molecule has 5 rings (SSSR count). The minimum absolute atomic E-state index is 0.0656. The van der Waals surface area contributed by atoms with E-state index < -0.39 is 32.0 Å². The van der Waals surface area contributed by atoms with Crippen molar-refractivity contribution in [2.75, 3.05) is 6.61 Å². The zero-order chi connectivity index (χ0) is 24.0. The van der Waals surface area contributed by atoms with E-state index in [-0.39, 0.29) is 18.1 Å². The molecule has 2 aliphatic rings. The molecule has 0 aromatic carbocycles. The lowest BCUT2D eigenvalue weighted by Gasteiger charge is -2.37. The highest BCUT2D eigenvalue weighted by Gasteiger charge is 2.86. The summed E-state index contributed by atoms with van der Waals surface area (Å²) in [5, 5.41) is -0.0656. The third-order valence-corrected chi connectivity index (χ3v) is 12.3. The van der Waals surface area contributed by atoms with Gasteiger partial charge >= 0.3 is 0 Å². The zero-order valence-electron chi connectivity index (χ0n) is 20.2. The quantitative estimate of drug-likeness (QED) is 0.476. The summed E-state index contributed by atoms with van der Waals surface area (Å²) in [6.07, 6.45) is 2.72. The summed E-state index contributed by atoms with van der Waals surface area (Å²) in [6.45, 7) is 14.3. The molecule has 0 unspecified atom stereocenters. The maximum absolute atomic E-state index is 14.8. The number of hydrogen-bond acceptors (Lipinski definition) is 5. The van der Waals surface area contributed by atoms with Gasteiger partial charge in [0, 0.05) is 17.8 Å². The van der Waals surface area contributed by atoms with Gasteiger partial charge in [0.05, 0.1) is 18.9 Å². The average molecular weight is 476 g/mol. The topological polar surface area (TPSA) is 67.0 Å². The number of nitrogens with zero attached hydrogens (tertiary/aromatic N) is 5. The van der Waals surface area contributed by atoms with Gasteiger partial charge in [-0.3, -0.25) is 4.57 Å². The third-order valence-electron chi connectivity index (χ3n) is 7.85. The molecule has 0 bridgehead atoms. The van der Waals surface area contributed by atoms with Crippen molar-refractivity contribution in [1.29, 1.82) is 0 Å². The van der Waals surface area contributed by atoms with Crippen LogP contribution in [0.5, 0.6) is 0 Å². The fraction of sp³-hybridized carbons (Fsp3) is 0.609. The van der Waals surface area contributed by atoms with Gasteiger partial charge < -0.3 is 13.7 Å². The first-order valence-electron chi connectivity index (χ1n) is 11.3. The van der Waals surface area contributed by atoms with Crippen molar-refractivity contribution < 1.29 is 17.9 Å². The molecule has 0 N–H and O–H groups in total. The molecule has 4 heterocycles. The Morgan fingerprint density at radius 2 is 1.82 bits per heavy atom. The Kier molecular flexibility index (Phi) is 4.74. The summed E-state index contributed by atoms with van der Waals surface area (Å²) in [5.41, 5.74) is 1.67. The highest BCUT2D eigenvalue weighted by Crippen LogP contribution is 2.70. The summed E-state index contributed by atoms with van der Waals surface area (Å²) in [6, 6.07) is 4.03. The monoisotopic (exact) mass is 475 g/mol. The lowest BCUT2D eigenvalue weighted by atomic mass is 10.2. The fourth-order valence-electron chi connectivity index (χ4n) is 4.62. The van der Waals surface area contributed by atoms with Crippen molar-refractivity contribution in [2.45, 2.75) is 76.9 Å². The molecule has 0 amide bonds. The number of fused-ring (bicyclic) bond motifs is 2. The number of imidazole rings is 1. The van der Waals surface area contributed by atoms with Crippen LogP contribution >= 0.6 is 0 Å². The minimum atomic E-state index is -2.89. The molecule has 0 spiro atoms. The first-order valence-corrected chi connectivity index (χ1v) is 14.2. The van der Waals surface area contributed by atoms with Crippen LogP contribution in [0.25, 0.3) is 17.0 Å². The number of hydrogen-bond donors (Lipinski definition) is 0. The molecule has 3 atom stereocenters. The van der Waals surface area contributed by atoms with E-state index in [1.807, 2.05) is 30.5 Å². The van der Waals surface area contributed by atoms with Crippen molar-refractivity contribution in [2.24, 2.45) is 5.92 Å². The van der Waals surface area contributed by atoms with Gasteiger partial charge in [-0.1, -0.05) is 20.8 Å². The standard InChI is InChI=1S/C23H31F2N5O2Si/c1-14-8-9-15(2)30(14)20-18-19(26-12-27-20)29(13-28-18)17-10-16-22(32-17,23(16,24)25)11-31-33(6,7)21(3,4)5/h8-9,12-13,16-17H,10-11H2,1-7H3/t16-,17+,22+/m0/s1. The van der Waals surface area contributed by atoms with Crippen molar-refractivity contribution in [3.05, 3.63) is 36.2 Å². The van der Waals surface area contributed by atoms with Gasteiger partial charge in [0.25, 0.3) is 5.92 Å². The van der Waals surface area contributed by atoms with E-state index in [0.717, 1.165) is 11.4 Å². The second kappa shape index (κ2) is 6.92. The summed E-state index contributed by atoms with van der Waals surface area (Å²) in [5.74, 6) is -3.09. The predicted octanol–water partition coefficient (Wildman–Crippen LogP) is 5.18. The van der Waals surface area contributed by atoms with E-state index in [2.05, 4.69) is 48.8 Å². The maximum atomic E-state index is 14.8. The molecule has 7 nitrogen and oxygen atoms in total. The fourth-order valence-corrected chi connectivity index (χ4v) is 5.63. The van der Waals surface area contributed by atoms with Gasteiger partial charge in [0.1, 0.15) is 12.6 Å². The van der Waals surface area contributed by atoms with E-state index in [1.54, 1.807) is 10.9 Å². The normalized spacial score (nSPS) is 26.7. The number of rotatable bonds is 5. The Balaban J connectivity index is 1.44. The molecule has 3 aromatic heterocycles. The zero-order valence-corrected chi connectivity index (χ0v) is 21.2. The van der Waals surface area contributed by atoms with Crippen LogP contribution in [0.15, 0.2) is 24.8 Å². The Labute approximate surface area is 193 Å². The van der Waals surface area contributed by atoms with E-state index in [9.17, 15) is 8.78 Å². The first kappa shape index (κ1) is 22.6. The molecular formula is C23H31F2N5O2Si. The van der Waals surface area contributed by atoms with Crippen LogP contribution in [0.2, 0.25) is 18.1 Å². The second-order valence-electron chi connectivity index (χ2n) is 10.9. The van der Waals surface area contributed by atoms with Gasteiger partial charge in [-0.2, -0.15) is 0 Å². The molecular weight excluding hydrogens is 444 g/mol. The van der Waals surface area contributed by atoms with Crippen LogP contribution in [0, 0.1) is 19.8 Å².